The number of aromatic carboxylic acids is 1. The fourth-order valence-corrected chi connectivity index (χ4v) is 1.61. The summed E-state index contributed by atoms with van der Waals surface area (Å²) in [6, 6.07) is 4.91. The zero-order chi connectivity index (χ0) is 13.8. The van der Waals surface area contributed by atoms with E-state index in [2.05, 4.69) is 15.3 Å². The van der Waals surface area contributed by atoms with Crippen LogP contribution in [0.1, 0.15) is 33.5 Å². The molecule has 0 aliphatic carbocycles. The van der Waals surface area contributed by atoms with Crippen molar-refractivity contribution in [2.75, 3.05) is 0 Å². The summed E-state index contributed by atoms with van der Waals surface area (Å²) in [5.41, 5.74) is 1.59. The number of nitrogens with zero attached hydrogens (tertiary/aromatic N) is 2. The number of hydrogen-bond donors (Lipinski definition) is 2. The molecule has 0 aliphatic heterocycles. The number of aromatic nitrogens is 2. The van der Waals surface area contributed by atoms with Gasteiger partial charge in [-0.05, 0) is 26.0 Å². The maximum atomic E-state index is 10.8. The number of carboxylic acid groups (broad SMARTS) is 1. The Morgan fingerprint density at radius 3 is 2.74 bits per heavy atom. The van der Waals surface area contributed by atoms with Crippen LogP contribution in [0.5, 0.6) is 0 Å². The van der Waals surface area contributed by atoms with Crippen molar-refractivity contribution in [1.82, 2.24) is 15.3 Å². The lowest BCUT2D eigenvalue weighted by Gasteiger charge is -2.02. The van der Waals surface area contributed by atoms with Crippen LogP contribution in [0.3, 0.4) is 0 Å². The van der Waals surface area contributed by atoms with Gasteiger partial charge in [-0.2, -0.15) is 0 Å². The highest BCUT2D eigenvalue weighted by Gasteiger charge is 2.07. The van der Waals surface area contributed by atoms with Gasteiger partial charge in [-0.1, -0.05) is 6.07 Å². The van der Waals surface area contributed by atoms with Gasteiger partial charge in [0.15, 0.2) is 0 Å². The molecule has 2 heterocycles. The lowest BCUT2D eigenvalue weighted by atomic mass is 10.3. The van der Waals surface area contributed by atoms with Crippen molar-refractivity contribution in [3.05, 3.63) is 46.9 Å². The summed E-state index contributed by atoms with van der Waals surface area (Å²) < 4.78 is 5.43. The monoisotopic (exact) mass is 261 g/mol. The molecular formula is C13H15N3O3. The number of rotatable bonds is 5. The van der Waals surface area contributed by atoms with Gasteiger partial charge in [0.05, 0.1) is 17.9 Å². The molecule has 0 bridgehead atoms. The Morgan fingerprint density at radius 2 is 2.11 bits per heavy atom. The maximum Gasteiger partial charge on any atom is 0.354 e. The van der Waals surface area contributed by atoms with Gasteiger partial charge in [0.25, 0.3) is 0 Å². The second-order valence-corrected chi connectivity index (χ2v) is 4.17. The molecular weight excluding hydrogens is 246 g/mol. The van der Waals surface area contributed by atoms with E-state index in [9.17, 15) is 4.79 Å². The van der Waals surface area contributed by atoms with Crippen molar-refractivity contribution in [2.24, 2.45) is 0 Å². The van der Waals surface area contributed by atoms with Crippen molar-refractivity contribution in [3.63, 3.8) is 0 Å². The molecule has 2 aromatic heterocycles. The molecule has 100 valence electrons. The Balaban J connectivity index is 1.92. The third-order valence-electron chi connectivity index (χ3n) is 2.68. The molecule has 2 aromatic rings. The van der Waals surface area contributed by atoms with Crippen LogP contribution in [0.2, 0.25) is 0 Å². The number of carbonyl (C=O) groups is 1. The van der Waals surface area contributed by atoms with Crippen LogP contribution in [0.15, 0.2) is 22.6 Å². The van der Waals surface area contributed by atoms with Gasteiger partial charge in [-0.3, -0.25) is 0 Å². The molecule has 0 atom stereocenters. The average molecular weight is 261 g/mol. The van der Waals surface area contributed by atoms with Crippen molar-refractivity contribution in [1.29, 1.82) is 0 Å². The number of nitrogens with one attached hydrogen (secondary N) is 1. The first-order valence-electron chi connectivity index (χ1n) is 5.89. The minimum atomic E-state index is -1.03. The van der Waals surface area contributed by atoms with Crippen LogP contribution in [0.4, 0.5) is 0 Å². The maximum absolute atomic E-state index is 10.8. The predicted molar refractivity (Wildman–Crippen MR) is 67.7 cm³/mol. The molecule has 0 aromatic carbocycles. The van der Waals surface area contributed by atoms with E-state index < -0.39 is 5.97 Å². The smallest absolute Gasteiger partial charge is 0.354 e. The van der Waals surface area contributed by atoms with Crippen LogP contribution in [0.25, 0.3) is 0 Å². The summed E-state index contributed by atoms with van der Waals surface area (Å²) in [6.45, 7) is 4.69. The van der Waals surface area contributed by atoms with Gasteiger partial charge in [0, 0.05) is 6.54 Å². The molecule has 0 unspecified atom stereocenters. The minimum absolute atomic E-state index is 0.0436. The summed E-state index contributed by atoms with van der Waals surface area (Å²) >= 11 is 0. The lowest BCUT2D eigenvalue weighted by molar-refractivity contribution is 0.0690. The number of pyridine rings is 1. The molecule has 0 spiro atoms. The lowest BCUT2D eigenvalue weighted by Crippen LogP contribution is -2.15. The van der Waals surface area contributed by atoms with E-state index in [1.807, 2.05) is 13.8 Å². The van der Waals surface area contributed by atoms with Crippen LogP contribution < -0.4 is 5.32 Å². The molecule has 0 radical (unpaired) electrons. The van der Waals surface area contributed by atoms with Crippen LogP contribution in [-0.2, 0) is 13.1 Å². The van der Waals surface area contributed by atoms with E-state index in [-0.39, 0.29) is 5.69 Å². The highest BCUT2D eigenvalue weighted by Crippen LogP contribution is 2.08. The summed E-state index contributed by atoms with van der Waals surface area (Å²) in [5.74, 6) is 0.396. The Bertz CT molecular complexity index is 573. The number of oxazole rings is 1. The van der Waals surface area contributed by atoms with Crippen molar-refractivity contribution in [2.45, 2.75) is 26.9 Å². The first kappa shape index (κ1) is 13.2. The molecule has 2 rings (SSSR count). The van der Waals surface area contributed by atoms with Crippen molar-refractivity contribution >= 4 is 5.97 Å². The van der Waals surface area contributed by atoms with E-state index in [4.69, 9.17) is 9.52 Å². The van der Waals surface area contributed by atoms with E-state index in [1.165, 1.54) is 6.07 Å². The first-order chi connectivity index (χ1) is 9.06. The fraction of sp³-hybridized carbons (Fsp3) is 0.308. The highest BCUT2D eigenvalue weighted by molar-refractivity contribution is 5.85. The van der Waals surface area contributed by atoms with Crippen LogP contribution >= 0.6 is 0 Å². The van der Waals surface area contributed by atoms with Gasteiger partial charge < -0.3 is 14.8 Å². The molecule has 0 amide bonds. The van der Waals surface area contributed by atoms with Gasteiger partial charge >= 0.3 is 5.97 Å². The third kappa shape index (κ3) is 3.38. The van der Waals surface area contributed by atoms with Crippen LogP contribution in [-0.4, -0.2) is 21.0 Å². The number of carboxylic acids is 1. The first-order valence-corrected chi connectivity index (χ1v) is 5.89. The summed E-state index contributed by atoms with van der Waals surface area (Å²) in [5, 5.41) is 12.0. The standard InChI is InChI=1S/C13H15N3O3/c1-8-9(2)19-12(15-8)7-14-6-10-4-3-5-11(16-10)13(17)18/h3-5,14H,6-7H2,1-2H3,(H,17,18). The quantitative estimate of drug-likeness (QED) is 0.851. The second kappa shape index (κ2) is 5.62. The Morgan fingerprint density at radius 1 is 1.32 bits per heavy atom. The average Bonchev–Trinajstić information content (AvgIpc) is 2.69. The second-order valence-electron chi connectivity index (χ2n) is 4.17. The van der Waals surface area contributed by atoms with Crippen molar-refractivity contribution < 1.29 is 14.3 Å². The molecule has 0 saturated carbocycles. The molecule has 0 fully saturated rings. The van der Waals surface area contributed by atoms with Gasteiger partial charge in [-0.15, -0.1) is 0 Å². The van der Waals surface area contributed by atoms with E-state index in [1.54, 1.807) is 12.1 Å². The zero-order valence-corrected chi connectivity index (χ0v) is 10.8. The molecule has 2 N–H and O–H groups in total. The molecule has 19 heavy (non-hydrogen) atoms. The number of hydrogen-bond acceptors (Lipinski definition) is 5. The van der Waals surface area contributed by atoms with Crippen LogP contribution in [0, 0.1) is 13.8 Å². The topological polar surface area (TPSA) is 88.2 Å². The molecule has 6 nitrogen and oxygen atoms in total. The SMILES string of the molecule is Cc1nc(CNCc2cccc(C(=O)O)n2)oc1C. The van der Waals surface area contributed by atoms with E-state index in [0.29, 0.717) is 24.7 Å². The molecule has 6 heteroatoms. The van der Waals surface area contributed by atoms with E-state index in [0.717, 1.165) is 11.5 Å². The Hall–Kier alpha value is -2.21. The van der Waals surface area contributed by atoms with Gasteiger partial charge in [-0.25, -0.2) is 14.8 Å². The fourth-order valence-electron chi connectivity index (χ4n) is 1.61. The van der Waals surface area contributed by atoms with Gasteiger partial charge in [0.2, 0.25) is 5.89 Å². The third-order valence-corrected chi connectivity index (χ3v) is 2.68. The minimum Gasteiger partial charge on any atom is -0.477 e. The number of aryl methyl sites for hydroxylation is 2. The Labute approximate surface area is 110 Å². The summed E-state index contributed by atoms with van der Waals surface area (Å²) in [7, 11) is 0. The van der Waals surface area contributed by atoms with Gasteiger partial charge in [0.1, 0.15) is 11.5 Å². The predicted octanol–water partition coefficient (Wildman–Crippen LogP) is 1.67. The summed E-state index contributed by atoms with van der Waals surface area (Å²) in [6.07, 6.45) is 0. The normalized spacial score (nSPS) is 10.6. The van der Waals surface area contributed by atoms with E-state index >= 15 is 0 Å². The largest absolute Gasteiger partial charge is 0.477 e. The highest BCUT2D eigenvalue weighted by atomic mass is 16.4. The molecule has 0 aliphatic rings. The molecule has 0 saturated heterocycles. The zero-order valence-electron chi connectivity index (χ0n) is 10.8. The summed E-state index contributed by atoms with van der Waals surface area (Å²) in [4.78, 5) is 19.0. The van der Waals surface area contributed by atoms with Crippen molar-refractivity contribution in [3.8, 4) is 0 Å². The Kier molecular flexibility index (Phi) is 3.91.